The molecule has 0 atom stereocenters. The van der Waals surface area contributed by atoms with E-state index in [9.17, 15) is 9.59 Å². The Kier molecular flexibility index (Phi) is 5.16. The Balaban J connectivity index is 2.05. The Labute approximate surface area is 156 Å². The number of hydrogen-bond acceptors (Lipinski definition) is 6. The van der Waals surface area contributed by atoms with Crippen molar-refractivity contribution in [3.8, 4) is 0 Å². The van der Waals surface area contributed by atoms with E-state index in [1.54, 1.807) is 0 Å². The first-order valence-electron chi connectivity index (χ1n) is 8.75. The second-order valence-corrected chi connectivity index (χ2v) is 6.38. The number of H-pyrrole nitrogens is 1. The Morgan fingerprint density at radius 1 is 1.22 bits per heavy atom. The molecule has 8 nitrogen and oxygen atoms in total. The molecule has 0 radical (unpaired) electrons. The third-order valence-electron chi connectivity index (χ3n) is 4.63. The minimum absolute atomic E-state index is 0.140. The topological polar surface area (TPSA) is 110 Å². The van der Waals surface area contributed by atoms with Gasteiger partial charge in [0.2, 0.25) is 0 Å². The van der Waals surface area contributed by atoms with E-state index in [0.29, 0.717) is 18.8 Å². The lowest BCUT2D eigenvalue weighted by molar-refractivity contribution is 0.392. The molecule has 27 heavy (non-hydrogen) atoms. The highest BCUT2D eigenvalue weighted by molar-refractivity contribution is 5.62. The van der Waals surface area contributed by atoms with E-state index in [0.717, 1.165) is 16.8 Å². The van der Waals surface area contributed by atoms with Crippen molar-refractivity contribution in [2.45, 2.75) is 33.9 Å². The number of aryl methyl sites for hydroxylation is 2. The van der Waals surface area contributed by atoms with Crippen molar-refractivity contribution in [1.29, 1.82) is 0 Å². The van der Waals surface area contributed by atoms with E-state index < -0.39 is 11.2 Å². The van der Waals surface area contributed by atoms with Crippen molar-refractivity contribution in [1.82, 2.24) is 14.7 Å². The SMILES string of the molecule is CCN(Cc1c(C)noc1C)c1c(N)n(Cc2ccccc2)c(=O)[nH]c1=O. The van der Waals surface area contributed by atoms with Gasteiger partial charge in [0.05, 0.1) is 12.2 Å². The number of nitrogens with one attached hydrogen (secondary N) is 1. The van der Waals surface area contributed by atoms with Gasteiger partial charge in [-0.3, -0.25) is 14.3 Å². The molecule has 2 aromatic heterocycles. The van der Waals surface area contributed by atoms with E-state index >= 15 is 0 Å². The summed E-state index contributed by atoms with van der Waals surface area (Å²) in [6, 6.07) is 9.48. The maximum atomic E-state index is 12.5. The molecule has 0 fully saturated rings. The molecule has 8 heteroatoms. The third kappa shape index (κ3) is 3.64. The van der Waals surface area contributed by atoms with Crippen molar-refractivity contribution >= 4 is 11.5 Å². The molecule has 0 aliphatic heterocycles. The van der Waals surface area contributed by atoms with Crippen LogP contribution in [0.4, 0.5) is 11.5 Å². The monoisotopic (exact) mass is 369 g/mol. The number of benzene rings is 1. The minimum Gasteiger partial charge on any atom is -0.383 e. The van der Waals surface area contributed by atoms with E-state index in [2.05, 4.69) is 10.1 Å². The van der Waals surface area contributed by atoms with Gasteiger partial charge in [-0.25, -0.2) is 4.79 Å². The van der Waals surface area contributed by atoms with Crippen LogP contribution in [0.25, 0.3) is 0 Å². The van der Waals surface area contributed by atoms with E-state index in [1.807, 2.05) is 56.0 Å². The molecule has 0 spiro atoms. The number of nitrogens with two attached hydrogens (primary N) is 1. The van der Waals surface area contributed by atoms with E-state index in [1.165, 1.54) is 4.57 Å². The van der Waals surface area contributed by atoms with Crippen molar-refractivity contribution in [3.63, 3.8) is 0 Å². The minimum atomic E-state index is -0.529. The number of aromatic amines is 1. The van der Waals surface area contributed by atoms with Gasteiger partial charge in [-0.1, -0.05) is 35.5 Å². The lowest BCUT2D eigenvalue weighted by Gasteiger charge is -2.24. The maximum Gasteiger partial charge on any atom is 0.330 e. The van der Waals surface area contributed by atoms with Crippen molar-refractivity contribution < 1.29 is 4.52 Å². The summed E-state index contributed by atoms with van der Waals surface area (Å²) in [6.45, 7) is 6.81. The Morgan fingerprint density at radius 2 is 1.93 bits per heavy atom. The molecule has 0 aliphatic rings. The predicted octanol–water partition coefficient (Wildman–Crippen LogP) is 1.80. The number of nitrogens with zero attached hydrogens (tertiary/aromatic N) is 3. The molecule has 142 valence electrons. The van der Waals surface area contributed by atoms with Crippen LogP contribution in [-0.2, 0) is 13.1 Å². The summed E-state index contributed by atoms with van der Waals surface area (Å²) < 4.78 is 6.59. The zero-order valence-corrected chi connectivity index (χ0v) is 15.7. The molecule has 3 aromatic rings. The normalized spacial score (nSPS) is 10.9. The average Bonchev–Trinajstić information content (AvgIpc) is 2.96. The molecular weight excluding hydrogens is 346 g/mol. The second kappa shape index (κ2) is 7.53. The average molecular weight is 369 g/mol. The first-order chi connectivity index (χ1) is 12.9. The Morgan fingerprint density at radius 3 is 2.52 bits per heavy atom. The third-order valence-corrected chi connectivity index (χ3v) is 4.63. The quantitative estimate of drug-likeness (QED) is 0.685. The van der Waals surface area contributed by atoms with Crippen LogP contribution in [0.5, 0.6) is 0 Å². The largest absolute Gasteiger partial charge is 0.383 e. The Bertz CT molecular complexity index is 1030. The van der Waals surface area contributed by atoms with Gasteiger partial charge in [-0.05, 0) is 26.3 Å². The Hall–Kier alpha value is -3.29. The zero-order valence-electron chi connectivity index (χ0n) is 15.7. The summed E-state index contributed by atoms with van der Waals surface area (Å²) in [5.41, 5.74) is 8.09. The van der Waals surface area contributed by atoms with Crippen LogP contribution in [0, 0.1) is 13.8 Å². The first kappa shape index (κ1) is 18.5. The summed E-state index contributed by atoms with van der Waals surface area (Å²) in [6.07, 6.45) is 0. The summed E-state index contributed by atoms with van der Waals surface area (Å²) in [4.78, 5) is 29.1. The standard InChI is InChI=1S/C19H23N5O3/c1-4-23(11-15-12(2)22-27-13(15)3)16-17(20)24(19(26)21-18(16)25)10-14-8-6-5-7-9-14/h5-9H,4,10-11,20H2,1-3H3,(H,21,25,26). The van der Waals surface area contributed by atoms with Gasteiger partial charge >= 0.3 is 5.69 Å². The fraction of sp³-hybridized carbons (Fsp3) is 0.316. The second-order valence-electron chi connectivity index (χ2n) is 6.38. The highest BCUT2D eigenvalue weighted by atomic mass is 16.5. The van der Waals surface area contributed by atoms with Gasteiger partial charge in [-0.2, -0.15) is 0 Å². The van der Waals surface area contributed by atoms with Crippen molar-refractivity contribution in [2.24, 2.45) is 0 Å². The number of hydrogen-bond donors (Lipinski definition) is 2. The summed E-state index contributed by atoms with van der Waals surface area (Å²) in [7, 11) is 0. The van der Waals surface area contributed by atoms with Gasteiger partial charge < -0.3 is 15.2 Å². The van der Waals surface area contributed by atoms with Crippen LogP contribution in [-0.4, -0.2) is 21.3 Å². The number of nitrogen functional groups attached to an aromatic ring is 1. The number of aromatic nitrogens is 3. The maximum absolute atomic E-state index is 12.5. The van der Waals surface area contributed by atoms with Gasteiger partial charge in [0.15, 0.2) is 0 Å². The molecular formula is C19H23N5O3. The van der Waals surface area contributed by atoms with Crippen molar-refractivity contribution in [3.05, 3.63) is 73.8 Å². The molecule has 1 aromatic carbocycles. The van der Waals surface area contributed by atoms with Crippen molar-refractivity contribution in [2.75, 3.05) is 17.2 Å². The highest BCUT2D eigenvalue weighted by Crippen LogP contribution is 2.22. The molecule has 0 amide bonds. The molecule has 3 rings (SSSR count). The summed E-state index contributed by atoms with van der Waals surface area (Å²) in [5, 5.41) is 3.96. The number of rotatable bonds is 6. The van der Waals surface area contributed by atoms with E-state index in [-0.39, 0.29) is 18.1 Å². The van der Waals surface area contributed by atoms with Crippen LogP contribution >= 0.6 is 0 Å². The lowest BCUT2D eigenvalue weighted by atomic mass is 10.2. The highest BCUT2D eigenvalue weighted by Gasteiger charge is 2.21. The van der Waals surface area contributed by atoms with Crippen LogP contribution in [0.2, 0.25) is 0 Å². The molecule has 0 aliphatic carbocycles. The number of anilines is 2. The smallest absolute Gasteiger partial charge is 0.330 e. The molecule has 0 saturated carbocycles. The fourth-order valence-electron chi connectivity index (χ4n) is 3.07. The summed E-state index contributed by atoms with van der Waals surface area (Å²) in [5.74, 6) is 0.833. The van der Waals surface area contributed by atoms with Gasteiger partial charge in [0.25, 0.3) is 5.56 Å². The molecule has 0 bridgehead atoms. The molecule has 0 saturated heterocycles. The molecule has 2 heterocycles. The van der Waals surface area contributed by atoms with Crippen LogP contribution in [0.3, 0.4) is 0 Å². The molecule has 3 N–H and O–H groups in total. The summed E-state index contributed by atoms with van der Waals surface area (Å²) >= 11 is 0. The first-order valence-corrected chi connectivity index (χ1v) is 8.75. The van der Waals surface area contributed by atoms with Gasteiger partial charge in [-0.15, -0.1) is 0 Å². The van der Waals surface area contributed by atoms with Gasteiger partial charge in [0.1, 0.15) is 17.3 Å². The lowest BCUT2D eigenvalue weighted by Crippen LogP contribution is -2.38. The predicted molar refractivity (Wildman–Crippen MR) is 104 cm³/mol. The van der Waals surface area contributed by atoms with Crippen LogP contribution in [0.15, 0.2) is 44.4 Å². The van der Waals surface area contributed by atoms with Gasteiger partial charge in [0, 0.05) is 18.7 Å². The van der Waals surface area contributed by atoms with Crippen LogP contribution in [0.1, 0.15) is 29.5 Å². The molecule has 0 unspecified atom stereocenters. The van der Waals surface area contributed by atoms with E-state index in [4.69, 9.17) is 10.3 Å². The van der Waals surface area contributed by atoms with Crippen LogP contribution < -0.4 is 21.9 Å². The fourth-order valence-corrected chi connectivity index (χ4v) is 3.07. The zero-order chi connectivity index (χ0) is 19.6.